The molecule has 0 aromatic rings. The maximum Gasteiger partial charge on any atom is 0.317 e. The SMILES string of the molecule is CCC(O)CC(C(=O)O)C(=O)O. The van der Waals surface area contributed by atoms with Crippen LogP contribution in [0.2, 0.25) is 0 Å². The maximum absolute atomic E-state index is 10.3. The molecule has 70 valence electrons. The molecule has 1 unspecified atom stereocenters. The van der Waals surface area contributed by atoms with E-state index < -0.39 is 24.0 Å². The Hall–Kier alpha value is -1.10. The van der Waals surface area contributed by atoms with E-state index in [9.17, 15) is 9.59 Å². The number of aliphatic hydroxyl groups is 1. The molecule has 0 bridgehead atoms. The molecule has 0 saturated heterocycles. The van der Waals surface area contributed by atoms with Crippen molar-refractivity contribution in [2.45, 2.75) is 25.9 Å². The Morgan fingerprint density at radius 2 is 1.67 bits per heavy atom. The molecule has 0 aromatic heterocycles. The topological polar surface area (TPSA) is 94.8 Å². The average molecular weight is 176 g/mol. The van der Waals surface area contributed by atoms with Crippen LogP contribution in [0, 0.1) is 5.92 Å². The number of carboxylic acid groups (broad SMARTS) is 2. The first-order valence-electron chi connectivity index (χ1n) is 3.62. The molecule has 1 atom stereocenters. The highest BCUT2D eigenvalue weighted by atomic mass is 16.4. The van der Waals surface area contributed by atoms with Gasteiger partial charge in [-0.2, -0.15) is 0 Å². The lowest BCUT2D eigenvalue weighted by atomic mass is 10.0. The fourth-order valence-electron chi connectivity index (χ4n) is 0.746. The summed E-state index contributed by atoms with van der Waals surface area (Å²) in [5.41, 5.74) is 0. The Bertz CT molecular complexity index is 163. The van der Waals surface area contributed by atoms with E-state index in [0.29, 0.717) is 6.42 Å². The van der Waals surface area contributed by atoms with Gasteiger partial charge in [0, 0.05) is 0 Å². The third kappa shape index (κ3) is 3.34. The van der Waals surface area contributed by atoms with Crippen molar-refractivity contribution in [2.75, 3.05) is 0 Å². The van der Waals surface area contributed by atoms with Crippen molar-refractivity contribution in [1.29, 1.82) is 0 Å². The monoisotopic (exact) mass is 176 g/mol. The van der Waals surface area contributed by atoms with Gasteiger partial charge < -0.3 is 15.3 Å². The second-order valence-electron chi connectivity index (χ2n) is 2.53. The molecule has 0 rings (SSSR count). The predicted molar refractivity (Wildman–Crippen MR) is 39.7 cm³/mol. The van der Waals surface area contributed by atoms with E-state index in [1.54, 1.807) is 6.92 Å². The second-order valence-corrected chi connectivity index (χ2v) is 2.53. The Labute approximate surface area is 69.6 Å². The smallest absolute Gasteiger partial charge is 0.317 e. The van der Waals surface area contributed by atoms with E-state index in [4.69, 9.17) is 15.3 Å². The molecule has 0 aromatic carbocycles. The molecule has 0 aliphatic carbocycles. The van der Waals surface area contributed by atoms with E-state index in [0.717, 1.165) is 0 Å². The van der Waals surface area contributed by atoms with Crippen LogP contribution < -0.4 is 0 Å². The lowest BCUT2D eigenvalue weighted by Gasteiger charge is -2.10. The first kappa shape index (κ1) is 10.9. The largest absolute Gasteiger partial charge is 0.481 e. The van der Waals surface area contributed by atoms with Crippen LogP contribution in [-0.2, 0) is 9.59 Å². The summed E-state index contributed by atoms with van der Waals surface area (Å²) in [6.45, 7) is 1.66. The van der Waals surface area contributed by atoms with Crippen molar-refractivity contribution in [2.24, 2.45) is 5.92 Å². The minimum absolute atomic E-state index is 0.235. The zero-order chi connectivity index (χ0) is 9.72. The van der Waals surface area contributed by atoms with Crippen LogP contribution in [-0.4, -0.2) is 33.4 Å². The van der Waals surface area contributed by atoms with E-state index >= 15 is 0 Å². The number of carboxylic acids is 2. The lowest BCUT2D eigenvalue weighted by molar-refractivity contribution is -0.156. The minimum Gasteiger partial charge on any atom is -0.481 e. The molecule has 3 N–H and O–H groups in total. The summed E-state index contributed by atoms with van der Waals surface area (Å²) >= 11 is 0. The van der Waals surface area contributed by atoms with Crippen LogP contribution in [0.4, 0.5) is 0 Å². The van der Waals surface area contributed by atoms with Crippen LogP contribution >= 0.6 is 0 Å². The number of aliphatic carboxylic acids is 2. The van der Waals surface area contributed by atoms with Crippen molar-refractivity contribution < 1.29 is 24.9 Å². The van der Waals surface area contributed by atoms with Crippen molar-refractivity contribution in [3.05, 3.63) is 0 Å². The highest BCUT2D eigenvalue weighted by Crippen LogP contribution is 2.09. The van der Waals surface area contributed by atoms with E-state index in [1.807, 2.05) is 0 Å². The standard InChI is InChI=1S/C7H12O5/c1-2-4(8)3-5(6(9)10)7(11)12/h4-5,8H,2-3H2,1H3,(H,9,10)(H,11,12). The van der Waals surface area contributed by atoms with Crippen molar-refractivity contribution >= 4 is 11.9 Å². The average Bonchev–Trinajstić information content (AvgIpc) is 1.98. The zero-order valence-electron chi connectivity index (χ0n) is 6.73. The normalized spacial score (nSPS) is 12.9. The highest BCUT2D eigenvalue weighted by molar-refractivity contribution is 5.92. The van der Waals surface area contributed by atoms with Gasteiger partial charge in [0.25, 0.3) is 0 Å². The Kier molecular flexibility index (Phi) is 4.28. The molecule has 0 saturated carbocycles. The molecule has 0 amide bonds. The molecular weight excluding hydrogens is 164 g/mol. The van der Waals surface area contributed by atoms with Crippen molar-refractivity contribution in [3.8, 4) is 0 Å². The van der Waals surface area contributed by atoms with Gasteiger partial charge in [-0.3, -0.25) is 9.59 Å². The zero-order valence-corrected chi connectivity index (χ0v) is 6.73. The van der Waals surface area contributed by atoms with Gasteiger partial charge in [0.2, 0.25) is 0 Å². The van der Waals surface area contributed by atoms with Crippen molar-refractivity contribution in [3.63, 3.8) is 0 Å². The third-order valence-electron chi connectivity index (χ3n) is 1.58. The first-order chi connectivity index (χ1) is 5.49. The molecular formula is C7H12O5. The van der Waals surface area contributed by atoms with Crippen LogP contribution in [0.3, 0.4) is 0 Å². The summed E-state index contributed by atoms with van der Waals surface area (Å²) in [6.07, 6.45) is -0.736. The summed E-state index contributed by atoms with van der Waals surface area (Å²) < 4.78 is 0. The van der Waals surface area contributed by atoms with Gasteiger partial charge in [-0.15, -0.1) is 0 Å². The van der Waals surface area contributed by atoms with Gasteiger partial charge in [-0.05, 0) is 12.8 Å². The highest BCUT2D eigenvalue weighted by Gasteiger charge is 2.27. The third-order valence-corrected chi connectivity index (χ3v) is 1.58. The van der Waals surface area contributed by atoms with Crippen LogP contribution in [0.1, 0.15) is 19.8 Å². The van der Waals surface area contributed by atoms with E-state index in [2.05, 4.69) is 0 Å². The fraction of sp³-hybridized carbons (Fsp3) is 0.714. The number of rotatable bonds is 5. The molecule has 0 fully saturated rings. The van der Waals surface area contributed by atoms with Gasteiger partial charge >= 0.3 is 11.9 Å². The quantitative estimate of drug-likeness (QED) is 0.510. The molecule has 0 aliphatic rings. The molecule has 0 aliphatic heterocycles. The second kappa shape index (κ2) is 4.71. The van der Waals surface area contributed by atoms with Crippen LogP contribution in [0.5, 0.6) is 0 Å². The number of hydrogen-bond donors (Lipinski definition) is 3. The summed E-state index contributed by atoms with van der Waals surface area (Å²) in [7, 11) is 0. The van der Waals surface area contributed by atoms with Crippen LogP contribution in [0.15, 0.2) is 0 Å². The summed E-state index contributed by atoms with van der Waals surface area (Å²) in [5.74, 6) is -4.31. The van der Waals surface area contributed by atoms with Gasteiger partial charge in [-0.25, -0.2) is 0 Å². The predicted octanol–water partition coefficient (Wildman–Crippen LogP) is -0.0672. The molecule has 0 radical (unpaired) electrons. The Balaban J connectivity index is 4.14. The number of aliphatic hydroxyl groups excluding tert-OH is 1. The Morgan fingerprint density at radius 3 is 1.92 bits per heavy atom. The molecule has 5 nitrogen and oxygen atoms in total. The van der Waals surface area contributed by atoms with Crippen LogP contribution in [0.25, 0.3) is 0 Å². The van der Waals surface area contributed by atoms with Gasteiger partial charge in [-0.1, -0.05) is 6.92 Å². The summed E-state index contributed by atoms with van der Waals surface area (Å²) in [6, 6.07) is 0. The molecule has 12 heavy (non-hydrogen) atoms. The molecule has 5 heteroatoms. The van der Waals surface area contributed by atoms with Gasteiger partial charge in [0.1, 0.15) is 0 Å². The maximum atomic E-state index is 10.3. The lowest BCUT2D eigenvalue weighted by Crippen LogP contribution is -2.27. The Morgan fingerprint density at radius 1 is 1.25 bits per heavy atom. The van der Waals surface area contributed by atoms with Gasteiger partial charge in [0.15, 0.2) is 5.92 Å². The fourth-order valence-corrected chi connectivity index (χ4v) is 0.746. The molecule has 0 heterocycles. The van der Waals surface area contributed by atoms with E-state index in [-0.39, 0.29) is 6.42 Å². The minimum atomic E-state index is -1.50. The van der Waals surface area contributed by atoms with Crippen molar-refractivity contribution in [1.82, 2.24) is 0 Å². The molecule has 0 spiro atoms. The van der Waals surface area contributed by atoms with Gasteiger partial charge in [0.05, 0.1) is 6.10 Å². The summed E-state index contributed by atoms with van der Waals surface area (Å²) in [5, 5.41) is 25.8. The summed E-state index contributed by atoms with van der Waals surface area (Å²) in [4.78, 5) is 20.6. The number of hydrogen-bond acceptors (Lipinski definition) is 3. The first-order valence-corrected chi connectivity index (χ1v) is 3.62. The van der Waals surface area contributed by atoms with E-state index in [1.165, 1.54) is 0 Å². The number of carbonyl (C=O) groups is 2.